The lowest BCUT2D eigenvalue weighted by Gasteiger charge is -2.04. The van der Waals surface area contributed by atoms with Gasteiger partial charge in [0.2, 0.25) is 0 Å². The molecule has 1 aromatic carbocycles. The Morgan fingerprint density at radius 3 is 2.88 bits per heavy atom. The van der Waals surface area contributed by atoms with Crippen LogP contribution in [0.25, 0.3) is 10.2 Å². The van der Waals surface area contributed by atoms with Gasteiger partial charge >= 0.3 is 0 Å². The summed E-state index contributed by atoms with van der Waals surface area (Å²) in [4.78, 5) is 32.1. The number of nitro benzene ring substituents is 1. The predicted molar refractivity (Wildman–Crippen MR) is 97.1 cm³/mol. The molecule has 0 unspecified atom stereocenters. The number of aryl methyl sites for hydroxylation is 2. The third-order valence-electron chi connectivity index (χ3n) is 3.75. The minimum Gasteiger partial charge on any atom is -0.309 e. The van der Waals surface area contributed by atoms with Gasteiger partial charge in [0.05, 0.1) is 21.6 Å². The van der Waals surface area contributed by atoms with Gasteiger partial charge in [0, 0.05) is 21.9 Å². The number of non-ortho nitro benzene ring substituents is 1. The summed E-state index contributed by atoms with van der Waals surface area (Å²) in [5.74, 6) is 0.860. The summed E-state index contributed by atoms with van der Waals surface area (Å²) in [5, 5.41) is 20.6. The molecule has 0 radical (unpaired) electrons. The van der Waals surface area contributed by atoms with Gasteiger partial charge in [0.1, 0.15) is 16.7 Å². The third-order valence-corrected chi connectivity index (χ3v) is 5.93. The lowest BCUT2D eigenvalue weighted by molar-refractivity contribution is -0.384. The highest BCUT2D eigenvalue weighted by Gasteiger charge is 2.14. The van der Waals surface area contributed by atoms with E-state index in [4.69, 9.17) is 0 Å². The van der Waals surface area contributed by atoms with E-state index in [0.29, 0.717) is 26.7 Å². The number of nitriles is 1. The highest BCUT2D eigenvalue weighted by molar-refractivity contribution is 7.98. The van der Waals surface area contributed by atoms with E-state index in [0.717, 1.165) is 10.4 Å². The summed E-state index contributed by atoms with van der Waals surface area (Å²) in [6, 6.07) is 6.10. The van der Waals surface area contributed by atoms with Crippen LogP contribution in [0.4, 0.5) is 5.69 Å². The topological polar surface area (TPSA) is 113 Å². The van der Waals surface area contributed by atoms with Crippen LogP contribution in [-0.4, -0.2) is 14.9 Å². The van der Waals surface area contributed by atoms with Crippen LogP contribution in [0.2, 0.25) is 0 Å². The molecular formula is C16H12N4O3S2. The molecule has 0 saturated carbocycles. The third kappa shape index (κ3) is 3.26. The average molecular weight is 372 g/mol. The number of aromatic amines is 1. The number of aromatic nitrogens is 2. The Labute approximate surface area is 150 Å². The normalized spacial score (nSPS) is 10.8. The second kappa shape index (κ2) is 6.66. The summed E-state index contributed by atoms with van der Waals surface area (Å²) < 4.78 is 0. The van der Waals surface area contributed by atoms with Crippen molar-refractivity contribution in [2.24, 2.45) is 0 Å². The molecule has 25 heavy (non-hydrogen) atoms. The van der Waals surface area contributed by atoms with Gasteiger partial charge < -0.3 is 4.98 Å². The second-order valence-corrected chi connectivity index (χ2v) is 7.53. The van der Waals surface area contributed by atoms with Gasteiger partial charge in [-0.15, -0.1) is 23.1 Å². The molecule has 0 atom stereocenters. The van der Waals surface area contributed by atoms with E-state index in [1.165, 1.54) is 41.3 Å². The molecule has 0 bridgehead atoms. The monoisotopic (exact) mass is 372 g/mol. The number of thioether (sulfide) groups is 1. The zero-order chi connectivity index (χ0) is 18.1. The molecule has 0 fully saturated rings. The standard InChI is InChI=1S/C16H12N4O3S2/c1-8-9(2)25-16-14(8)15(21)18-13(19-16)7-24-12-4-3-11(20(22)23)5-10(12)6-17/h3-5H,7H2,1-2H3,(H,18,19,21). The first-order chi connectivity index (χ1) is 11.9. The van der Waals surface area contributed by atoms with Crippen LogP contribution in [-0.2, 0) is 5.75 Å². The molecule has 0 aliphatic carbocycles. The summed E-state index contributed by atoms with van der Waals surface area (Å²) >= 11 is 2.77. The van der Waals surface area contributed by atoms with Gasteiger partial charge in [-0.05, 0) is 25.5 Å². The molecule has 9 heteroatoms. The Balaban J connectivity index is 1.89. The van der Waals surface area contributed by atoms with E-state index in [1.54, 1.807) is 0 Å². The zero-order valence-corrected chi connectivity index (χ0v) is 15.0. The largest absolute Gasteiger partial charge is 0.309 e. The molecule has 2 heterocycles. The summed E-state index contributed by atoms with van der Waals surface area (Å²) in [7, 11) is 0. The highest BCUT2D eigenvalue weighted by Crippen LogP contribution is 2.29. The van der Waals surface area contributed by atoms with Gasteiger partial charge in [0.15, 0.2) is 0 Å². The van der Waals surface area contributed by atoms with E-state index in [-0.39, 0.29) is 16.8 Å². The summed E-state index contributed by atoms with van der Waals surface area (Å²) in [6.07, 6.45) is 0. The molecule has 3 aromatic rings. The van der Waals surface area contributed by atoms with Crippen molar-refractivity contribution in [2.45, 2.75) is 24.5 Å². The molecule has 0 saturated heterocycles. The van der Waals surface area contributed by atoms with Crippen LogP contribution in [0.1, 0.15) is 21.8 Å². The Morgan fingerprint density at radius 1 is 1.44 bits per heavy atom. The van der Waals surface area contributed by atoms with Crippen molar-refractivity contribution in [1.82, 2.24) is 9.97 Å². The molecule has 3 rings (SSSR count). The number of hydrogen-bond acceptors (Lipinski definition) is 7. The number of nitrogens with zero attached hydrogens (tertiary/aromatic N) is 3. The van der Waals surface area contributed by atoms with Crippen LogP contribution in [0.5, 0.6) is 0 Å². The first-order valence-corrected chi connectivity index (χ1v) is 9.01. The van der Waals surface area contributed by atoms with Crippen molar-refractivity contribution in [3.8, 4) is 6.07 Å². The van der Waals surface area contributed by atoms with Crippen molar-refractivity contribution < 1.29 is 4.92 Å². The van der Waals surface area contributed by atoms with E-state index < -0.39 is 4.92 Å². The summed E-state index contributed by atoms with van der Waals surface area (Å²) in [5.41, 5.74) is 0.866. The maximum atomic E-state index is 12.3. The van der Waals surface area contributed by atoms with Crippen LogP contribution in [0.3, 0.4) is 0 Å². The smallest absolute Gasteiger partial charge is 0.270 e. The number of fused-ring (bicyclic) bond motifs is 1. The Morgan fingerprint density at radius 2 is 2.20 bits per heavy atom. The van der Waals surface area contributed by atoms with E-state index in [2.05, 4.69) is 9.97 Å². The molecule has 0 spiro atoms. The van der Waals surface area contributed by atoms with E-state index >= 15 is 0 Å². The number of H-pyrrole nitrogens is 1. The Kier molecular flexibility index (Phi) is 4.57. The first kappa shape index (κ1) is 17.1. The number of benzene rings is 1. The predicted octanol–water partition coefficient (Wildman–Crippen LogP) is 3.67. The molecule has 0 aliphatic heterocycles. The Hall–Kier alpha value is -2.70. The van der Waals surface area contributed by atoms with Crippen molar-refractivity contribution in [3.05, 3.63) is 60.5 Å². The van der Waals surface area contributed by atoms with Gasteiger partial charge in [-0.25, -0.2) is 4.98 Å². The fraction of sp³-hybridized carbons (Fsp3) is 0.188. The molecule has 1 N–H and O–H groups in total. The van der Waals surface area contributed by atoms with Crippen LogP contribution >= 0.6 is 23.1 Å². The number of rotatable bonds is 4. The van der Waals surface area contributed by atoms with Crippen LogP contribution in [0.15, 0.2) is 27.9 Å². The van der Waals surface area contributed by atoms with Crippen LogP contribution in [0, 0.1) is 35.3 Å². The molecule has 2 aromatic heterocycles. The quantitative estimate of drug-likeness (QED) is 0.425. The second-order valence-electron chi connectivity index (χ2n) is 5.31. The van der Waals surface area contributed by atoms with E-state index in [9.17, 15) is 20.2 Å². The van der Waals surface area contributed by atoms with Crippen molar-refractivity contribution >= 4 is 39.0 Å². The lowest BCUT2D eigenvalue weighted by Crippen LogP contribution is -2.10. The minimum atomic E-state index is -0.538. The van der Waals surface area contributed by atoms with E-state index in [1.807, 2.05) is 19.9 Å². The van der Waals surface area contributed by atoms with Crippen molar-refractivity contribution in [1.29, 1.82) is 5.26 Å². The number of nitro groups is 1. The van der Waals surface area contributed by atoms with Crippen molar-refractivity contribution in [2.75, 3.05) is 0 Å². The van der Waals surface area contributed by atoms with Gasteiger partial charge in [-0.1, -0.05) is 0 Å². The van der Waals surface area contributed by atoms with Gasteiger partial charge in [-0.2, -0.15) is 5.26 Å². The lowest BCUT2D eigenvalue weighted by atomic mass is 10.2. The maximum absolute atomic E-state index is 12.3. The zero-order valence-electron chi connectivity index (χ0n) is 13.3. The van der Waals surface area contributed by atoms with Gasteiger partial charge in [-0.3, -0.25) is 14.9 Å². The molecular weight excluding hydrogens is 360 g/mol. The summed E-state index contributed by atoms with van der Waals surface area (Å²) in [6.45, 7) is 3.85. The maximum Gasteiger partial charge on any atom is 0.270 e. The molecule has 0 aliphatic rings. The fourth-order valence-electron chi connectivity index (χ4n) is 2.36. The molecule has 7 nitrogen and oxygen atoms in total. The molecule has 0 amide bonds. The SMILES string of the molecule is Cc1sc2nc(CSc3ccc([N+](=O)[O-])cc3C#N)[nH]c(=O)c2c1C. The van der Waals surface area contributed by atoms with Gasteiger partial charge in [0.25, 0.3) is 11.2 Å². The first-order valence-electron chi connectivity index (χ1n) is 7.21. The number of thiophene rings is 1. The van der Waals surface area contributed by atoms with Crippen LogP contribution < -0.4 is 5.56 Å². The molecule has 126 valence electrons. The Bertz CT molecular complexity index is 1100. The fourth-order valence-corrected chi connectivity index (χ4v) is 4.26. The minimum absolute atomic E-state index is 0.126. The average Bonchev–Trinajstić information content (AvgIpc) is 2.87. The number of hydrogen-bond donors (Lipinski definition) is 1. The van der Waals surface area contributed by atoms with Crippen molar-refractivity contribution in [3.63, 3.8) is 0 Å². The highest BCUT2D eigenvalue weighted by atomic mass is 32.2. The number of nitrogens with one attached hydrogen (secondary N) is 1.